The Kier molecular flexibility index (Phi) is 11.6. The molecule has 0 N–H and O–H groups in total. The van der Waals surface area contributed by atoms with Crippen LogP contribution < -0.4 is 0 Å². The molecule has 0 radical (unpaired) electrons. The number of ether oxygens (including phenoxy) is 2. The van der Waals surface area contributed by atoms with Gasteiger partial charge in [0.1, 0.15) is 0 Å². The van der Waals surface area contributed by atoms with Crippen LogP contribution in [0, 0.1) is 0 Å². The molecular formula is C45H58O4. The number of fused-ring (bicyclic) bond motifs is 4. The highest BCUT2D eigenvalue weighted by molar-refractivity contribution is 6.07. The fourth-order valence-electron chi connectivity index (χ4n) is 9.46. The lowest BCUT2D eigenvalue weighted by atomic mass is 9.71. The first-order valence-corrected chi connectivity index (χ1v) is 19.2. The van der Waals surface area contributed by atoms with Crippen LogP contribution in [0.15, 0.2) is 12.1 Å². The fourth-order valence-corrected chi connectivity index (χ4v) is 9.46. The zero-order valence-electron chi connectivity index (χ0n) is 32.0. The van der Waals surface area contributed by atoms with Crippen LogP contribution in [-0.2, 0) is 73.7 Å². The molecule has 5 rings (SSSR count). The van der Waals surface area contributed by atoms with Gasteiger partial charge in [-0.05, 0) is 165 Å². The maximum atomic E-state index is 13.5. The van der Waals surface area contributed by atoms with Gasteiger partial charge in [0, 0.05) is 0 Å². The van der Waals surface area contributed by atoms with Gasteiger partial charge in [0.05, 0.1) is 25.3 Å². The highest BCUT2D eigenvalue weighted by atomic mass is 16.5. The topological polar surface area (TPSA) is 52.6 Å². The van der Waals surface area contributed by atoms with Gasteiger partial charge in [-0.25, -0.2) is 9.59 Å². The summed E-state index contributed by atoms with van der Waals surface area (Å²) in [4.78, 5) is 27.0. The largest absolute Gasteiger partial charge is 0.465 e. The van der Waals surface area contributed by atoms with Gasteiger partial charge in [-0.2, -0.15) is 0 Å². The lowest BCUT2D eigenvalue weighted by molar-refractivity contribution is 0.0553. The van der Waals surface area contributed by atoms with Gasteiger partial charge in [-0.1, -0.05) is 74.7 Å². The van der Waals surface area contributed by atoms with Crippen LogP contribution in [0.5, 0.6) is 0 Å². The summed E-state index contributed by atoms with van der Waals surface area (Å²) in [6.07, 6.45) is 12.1. The quantitative estimate of drug-likeness (QED) is 0.0930. The number of hydrogen-bond donors (Lipinski definition) is 0. The number of rotatable bonds is 13. The summed E-state index contributed by atoms with van der Waals surface area (Å²) >= 11 is 0. The third-order valence-corrected chi connectivity index (χ3v) is 11.3. The molecule has 0 aromatic heterocycles. The van der Waals surface area contributed by atoms with E-state index in [1.807, 2.05) is 0 Å². The maximum absolute atomic E-state index is 13.5. The van der Waals surface area contributed by atoms with E-state index < -0.39 is 11.9 Å². The lowest BCUT2D eigenvalue weighted by Crippen LogP contribution is -2.25. The first-order chi connectivity index (χ1) is 23.7. The van der Waals surface area contributed by atoms with Crippen LogP contribution in [0.2, 0.25) is 0 Å². The van der Waals surface area contributed by atoms with Crippen molar-refractivity contribution >= 4 is 33.5 Å². The zero-order valence-corrected chi connectivity index (χ0v) is 32.0. The van der Waals surface area contributed by atoms with Crippen LogP contribution in [0.25, 0.3) is 21.5 Å². The molecule has 49 heavy (non-hydrogen) atoms. The number of carbonyl (C=O) groups excluding carboxylic acids is 2. The van der Waals surface area contributed by atoms with Crippen LogP contribution in [-0.4, -0.2) is 26.2 Å². The SMILES string of the molecule is CCCc1c2c(c(CC)c(C(=O)OC)c1C(=O)OC)Cc1c(c(CCC)c3cc4c(CC)c(CC)c(CC)c(CC)c4cc3c1CCC)C2. The second-order valence-corrected chi connectivity index (χ2v) is 13.8. The number of esters is 2. The van der Waals surface area contributed by atoms with Crippen molar-refractivity contribution in [2.45, 2.75) is 139 Å². The summed E-state index contributed by atoms with van der Waals surface area (Å²) in [7, 11) is 2.82. The third kappa shape index (κ3) is 5.97. The Bertz CT molecular complexity index is 1930. The van der Waals surface area contributed by atoms with Gasteiger partial charge in [0.2, 0.25) is 0 Å². The minimum Gasteiger partial charge on any atom is -0.465 e. The summed E-state index contributed by atoms with van der Waals surface area (Å²) in [5.74, 6) is -0.903. The number of aryl methyl sites for hydroxylation is 4. The molecule has 262 valence electrons. The van der Waals surface area contributed by atoms with E-state index in [0.717, 1.165) is 81.8 Å². The van der Waals surface area contributed by atoms with Crippen molar-refractivity contribution in [2.75, 3.05) is 14.2 Å². The average molecular weight is 663 g/mol. The maximum Gasteiger partial charge on any atom is 0.339 e. The second-order valence-electron chi connectivity index (χ2n) is 13.8. The molecule has 0 fully saturated rings. The van der Waals surface area contributed by atoms with Crippen molar-refractivity contribution in [3.8, 4) is 0 Å². The van der Waals surface area contributed by atoms with E-state index in [0.29, 0.717) is 24.0 Å². The highest BCUT2D eigenvalue weighted by Crippen LogP contribution is 2.45. The van der Waals surface area contributed by atoms with Gasteiger partial charge in [0.15, 0.2) is 0 Å². The van der Waals surface area contributed by atoms with Crippen LogP contribution in [0.1, 0.15) is 162 Å². The number of benzene rings is 4. The van der Waals surface area contributed by atoms with Crippen LogP contribution in [0.3, 0.4) is 0 Å². The molecule has 0 saturated carbocycles. The van der Waals surface area contributed by atoms with E-state index in [1.165, 1.54) is 80.3 Å². The predicted octanol–water partition coefficient (Wildman–Crippen LogP) is 10.7. The van der Waals surface area contributed by atoms with Crippen LogP contribution >= 0.6 is 0 Å². The smallest absolute Gasteiger partial charge is 0.339 e. The average Bonchev–Trinajstić information content (AvgIpc) is 3.12. The Hall–Kier alpha value is -3.66. The molecule has 0 saturated heterocycles. The van der Waals surface area contributed by atoms with E-state index in [9.17, 15) is 9.59 Å². The Balaban J connectivity index is 1.98. The van der Waals surface area contributed by atoms with E-state index in [2.05, 4.69) is 67.5 Å². The number of methoxy groups -OCH3 is 2. The van der Waals surface area contributed by atoms with Crippen molar-refractivity contribution in [2.24, 2.45) is 0 Å². The first kappa shape index (κ1) is 36.6. The van der Waals surface area contributed by atoms with Gasteiger partial charge < -0.3 is 9.47 Å². The summed E-state index contributed by atoms with van der Waals surface area (Å²) in [6, 6.07) is 5.15. The normalized spacial score (nSPS) is 12.4. The molecule has 1 aliphatic carbocycles. The molecule has 4 heteroatoms. The molecule has 0 amide bonds. The summed E-state index contributed by atoms with van der Waals surface area (Å²) < 4.78 is 10.7. The molecule has 0 heterocycles. The highest BCUT2D eigenvalue weighted by Gasteiger charge is 2.35. The summed E-state index contributed by atoms with van der Waals surface area (Å²) in [5, 5.41) is 5.70. The Labute approximate surface area is 295 Å². The molecule has 1 aliphatic rings. The minimum absolute atomic E-state index is 0.401. The Morgan fingerprint density at radius 3 is 1.10 bits per heavy atom. The summed E-state index contributed by atoms with van der Waals surface area (Å²) in [6.45, 7) is 18.1. The van der Waals surface area contributed by atoms with E-state index in [4.69, 9.17) is 9.47 Å². The van der Waals surface area contributed by atoms with Crippen LogP contribution in [0.4, 0.5) is 0 Å². The lowest BCUT2D eigenvalue weighted by Gasteiger charge is -2.33. The Morgan fingerprint density at radius 2 is 0.755 bits per heavy atom. The molecule has 0 spiro atoms. The van der Waals surface area contributed by atoms with Crippen molar-refractivity contribution in [3.63, 3.8) is 0 Å². The monoisotopic (exact) mass is 662 g/mol. The molecule has 0 unspecified atom stereocenters. The van der Waals surface area contributed by atoms with Gasteiger partial charge in [-0.15, -0.1) is 0 Å². The molecule has 4 nitrogen and oxygen atoms in total. The minimum atomic E-state index is -0.453. The van der Waals surface area contributed by atoms with Gasteiger partial charge in [0.25, 0.3) is 0 Å². The van der Waals surface area contributed by atoms with E-state index in [1.54, 1.807) is 11.1 Å². The van der Waals surface area contributed by atoms with Crippen molar-refractivity contribution in [1.82, 2.24) is 0 Å². The van der Waals surface area contributed by atoms with Gasteiger partial charge in [-0.3, -0.25) is 0 Å². The fraction of sp³-hybridized carbons (Fsp3) is 0.511. The Morgan fingerprint density at radius 1 is 0.449 bits per heavy atom. The van der Waals surface area contributed by atoms with Crippen molar-refractivity contribution in [3.05, 3.63) is 90.0 Å². The molecular weight excluding hydrogens is 604 g/mol. The summed E-state index contributed by atoms with van der Waals surface area (Å²) in [5.41, 5.74) is 17.1. The molecule has 0 aliphatic heterocycles. The predicted molar refractivity (Wildman–Crippen MR) is 205 cm³/mol. The molecule has 4 aromatic carbocycles. The van der Waals surface area contributed by atoms with Crippen molar-refractivity contribution < 1.29 is 19.1 Å². The van der Waals surface area contributed by atoms with E-state index >= 15 is 0 Å². The third-order valence-electron chi connectivity index (χ3n) is 11.3. The zero-order chi connectivity index (χ0) is 35.6. The van der Waals surface area contributed by atoms with E-state index in [-0.39, 0.29) is 0 Å². The first-order valence-electron chi connectivity index (χ1n) is 19.2. The number of hydrogen-bond acceptors (Lipinski definition) is 4. The van der Waals surface area contributed by atoms with Gasteiger partial charge >= 0.3 is 11.9 Å². The number of carbonyl (C=O) groups is 2. The molecule has 0 atom stereocenters. The second kappa shape index (κ2) is 15.5. The standard InChI is InChI=1S/C45H58O4/c1-11-19-31-37-22-34-28(16-6)26(14-4)27(15-5)29(17-7)35(34)23-38(37)32(20-12-2)40-25-41-33(21-13-3)43(45(47)49-10)42(44(46)48-9)30(18-8)36(41)24-39(31)40/h22-23H,11-21,24-25H2,1-10H3. The molecule has 0 bridgehead atoms. The molecule has 4 aromatic rings. The van der Waals surface area contributed by atoms with Crippen molar-refractivity contribution in [1.29, 1.82) is 0 Å².